The second-order valence-electron chi connectivity index (χ2n) is 18.6. The quantitative estimate of drug-likeness (QED) is 0.0479. The monoisotopic (exact) mass is 874 g/mol. The third-order valence-electron chi connectivity index (χ3n) is 8.76. The molecule has 1 aromatic carbocycles. The predicted molar refractivity (Wildman–Crippen MR) is 230 cm³/mol. The van der Waals surface area contributed by atoms with Gasteiger partial charge in [-0.1, -0.05) is 5.16 Å². The van der Waals surface area contributed by atoms with E-state index in [2.05, 4.69) is 93.8 Å². The maximum atomic E-state index is 15.2. The summed E-state index contributed by atoms with van der Waals surface area (Å²) in [4.78, 5) is 30.0. The molecule has 318 valence electrons. The SMILES string of the molecule is CC(=O)c1cc(-c2ncc(-c3cnn(COC(=O)CC[C@H]4OC(O[Si](C)(C)C)[C@H](O[Si](C)(C)C)[C@@H](O[Si](C)(C)C)[C@@H]4O[Si](C)(C)C)c3)c3onc(N)c23)c(F)cc1N. The molecule has 0 saturated carbocycles. The van der Waals surface area contributed by atoms with Crippen molar-refractivity contribution in [2.45, 2.75) is 136 Å². The topological polar surface area (TPSA) is 198 Å². The first-order valence-corrected chi connectivity index (χ1v) is 33.0. The van der Waals surface area contributed by atoms with Crippen molar-refractivity contribution in [1.82, 2.24) is 19.9 Å². The van der Waals surface area contributed by atoms with Crippen molar-refractivity contribution >= 4 is 67.5 Å². The minimum atomic E-state index is -2.15. The molecule has 0 amide bonds. The van der Waals surface area contributed by atoms with E-state index in [1.165, 1.54) is 23.9 Å². The highest BCUT2D eigenvalue weighted by molar-refractivity contribution is 6.71. The summed E-state index contributed by atoms with van der Waals surface area (Å²) in [5.74, 6) is -1.49. The average Bonchev–Trinajstić information content (AvgIpc) is 3.70. The van der Waals surface area contributed by atoms with E-state index in [1.807, 2.05) is 0 Å². The number of benzene rings is 1. The minimum absolute atomic E-state index is 0.0121. The number of carbonyl (C=O) groups is 2. The summed E-state index contributed by atoms with van der Waals surface area (Å²) in [6, 6.07) is 2.41. The van der Waals surface area contributed by atoms with Crippen molar-refractivity contribution in [3.05, 3.63) is 42.1 Å². The van der Waals surface area contributed by atoms with Crippen LogP contribution in [0.15, 0.2) is 35.2 Å². The highest BCUT2D eigenvalue weighted by atomic mass is 28.4. The Kier molecular flexibility index (Phi) is 13.5. The van der Waals surface area contributed by atoms with Gasteiger partial charge >= 0.3 is 5.97 Å². The minimum Gasteiger partial charge on any atom is -0.442 e. The van der Waals surface area contributed by atoms with Crippen LogP contribution in [-0.4, -0.2) is 95.6 Å². The molecular formula is C38H59FN6O9Si4. The van der Waals surface area contributed by atoms with Crippen molar-refractivity contribution in [3.63, 3.8) is 0 Å². The van der Waals surface area contributed by atoms with Crippen LogP contribution in [0.3, 0.4) is 0 Å². The number of nitrogen functional groups attached to an aromatic ring is 2. The number of Topliss-reactive ketones (excluding diaryl/α,β-unsaturated/α-hetero) is 1. The van der Waals surface area contributed by atoms with Gasteiger partial charge in [-0.3, -0.25) is 14.6 Å². The molecule has 3 aromatic heterocycles. The molecule has 20 heteroatoms. The van der Waals surface area contributed by atoms with Crippen LogP contribution in [0.25, 0.3) is 33.4 Å². The predicted octanol–water partition coefficient (Wildman–Crippen LogP) is 7.78. The van der Waals surface area contributed by atoms with E-state index in [1.54, 1.807) is 12.4 Å². The summed E-state index contributed by atoms with van der Waals surface area (Å²) < 4.78 is 61.8. The number of ether oxygens (including phenoxy) is 2. The highest BCUT2D eigenvalue weighted by Crippen LogP contribution is 2.39. The number of carbonyl (C=O) groups excluding carboxylic acids is 2. The Balaban J connectivity index is 1.34. The molecule has 58 heavy (non-hydrogen) atoms. The number of nitrogens with zero attached hydrogens (tertiary/aromatic N) is 4. The van der Waals surface area contributed by atoms with Crippen LogP contribution >= 0.6 is 0 Å². The second-order valence-corrected chi connectivity index (χ2v) is 36.4. The maximum absolute atomic E-state index is 15.2. The molecule has 0 bridgehead atoms. The van der Waals surface area contributed by atoms with Gasteiger partial charge in [-0.05, 0) is 104 Å². The zero-order valence-corrected chi connectivity index (χ0v) is 39.9. The van der Waals surface area contributed by atoms with Crippen LogP contribution in [0.4, 0.5) is 15.9 Å². The molecule has 0 aliphatic carbocycles. The van der Waals surface area contributed by atoms with E-state index in [-0.39, 0.29) is 58.2 Å². The van der Waals surface area contributed by atoms with E-state index in [0.717, 1.165) is 6.07 Å². The number of hydrogen-bond donors (Lipinski definition) is 2. The molecule has 4 N–H and O–H groups in total. The van der Waals surface area contributed by atoms with Crippen molar-refractivity contribution in [2.75, 3.05) is 11.5 Å². The smallest absolute Gasteiger partial charge is 0.307 e. The van der Waals surface area contributed by atoms with E-state index in [4.69, 9.17) is 43.2 Å². The molecular weight excluding hydrogens is 816 g/mol. The fourth-order valence-electron chi connectivity index (χ4n) is 6.68. The Bertz CT molecular complexity index is 2120. The van der Waals surface area contributed by atoms with Gasteiger partial charge in [0.2, 0.25) is 0 Å². The summed E-state index contributed by atoms with van der Waals surface area (Å²) in [5, 5.41) is 8.53. The number of pyridine rings is 1. The lowest BCUT2D eigenvalue weighted by atomic mass is 9.96. The Morgan fingerprint density at radius 2 is 1.43 bits per heavy atom. The molecule has 15 nitrogen and oxygen atoms in total. The maximum Gasteiger partial charge on any atom is 0.307 e. The number of rotatable bonds is 16. The molecule has 0 spiro atoms. The standard InChI is InChI=1S/C38H59FN6O9Si4/c1-22(46)24-16-25(27(39)17-28(24)40)32-31-33(50-44-37(31)41)26(19-42-32)23-18-43-45(20-23)21-48-30(47)15-14-29-34(51-55(2,3)4)35(52-56(5,6)7)36(53-57(8,9)10)38(49-29)54-58(11,12)13/h16-20,29,34-36,38H,14-15,21,40H2,1-13H3,(H2,41,44)/t29-,34-,35+,36-,38?/m1/s1. The summed E-state index contributed by atoms with van der Waals surface area (Å²) >= 11 is 0. The summed E-state index contributed by atoms with van der Waals surface area (Å²) in [5.41, 5.74) is 13.6. The summed E-state index contributed by atoms with van der Waals surface area (Å²) in [6.07, 6.45) is 2.36. The van der Waals surface area contributed by atoms with E-state index < -0.39 is 75.8 Å². The summed E-state index contributed by atoms with van der Waals surface area (Å²) in [6.45, 7) is 26.7. The number of anilines is 2. The number of aromatic nitrogens is 4. The molecule has 0 radical (unpaired) electrons. The first-order chi connectivity index (χ1) is 26.7. The second kappa shape index (κ2) is 17.2. The Labute approximate surface area is 343 Å². The third kappa shape index (κ3) is 11.6. The fraction of sp³-hybridized carbons (Fsp3) is 0.553. The lowest BCUT2D eigenvalue weighted by Crippen LogP contribution is -2.66. The van der Waals surface area contributed by atoms with Crippen LogP contribution < -0.4 is 11.5 Å². The van der Waals surface area contributed by atoms with Gasteiger partial charge < -0.3 is 43.2 Å². The first-order valence-electron chi connectivity index (χ1n) is 19.4. The number of esters is 1. The van der Waals surface area contributed by atoms with Crippen molar-refractivity contribution < 1.29 is 45.7 Å². The zero-order valence-electron chi connectivity index (χ0n) is 35.9. The number of hydrogen-bond acceptors (Lipinski definition) is 14. The lowest BCUT2D eigenvalue weighted by molar-refractivity contribution is -0.264. The molecule has 1 aliphatic heterocycles. The molecule has 1 aliphatic rings. The van der Waals surface area contributed by atoms with Gasteiger partial charge in [0.1, 0.15) is 18.0 Å². The van der Waals surface area contributed by atoms with E-state index >= 15 is 4.39 Å². The highest BCUT2D eigenvalue weighted by Gasteiger charge is 2.52. The number of ketones is 1. The Morgan fingerprint density at radius 1 is 0.828 bits per heavy atom. The van der Waals surface area contributed by atoms with Crippen molar-refractivity contribution in [1.29, 1.82) is 0 Å². The lowest BCUT2D eigenvalue weighted by Gasteiger charge is -2.51. The number of fused-ring (bicyclic) bond motifs is 1. The third-order valence-corrected chi connectivity index (χ3v) is 12.6. The first kappa shape index (κ1) is 45.5. The van der Waals surface area contributed by atoms with Gasteiger partial charge in [-0.2, -0.15) is 5.10 Å². The molecule has 1 saturated heterocycles. The Hall–Kier alpha value is -3.61. The van der Waals surface area contributed by atoms with Crippen molar-refractivity contribution in [2.24, 2.45) is 0 Å². The number of halogens is 1. The van der Waals surface area contributed by atoms with E-state index in [9.17, 15) is 9.59 Å². The van der Waals surface area contributed by atoms with Crippen LogP contribution in [0.1, 0.15) is 30.1 Å². The fourth-order valence-corrected chi connectivity index (χ4v) is 10.8. The Morgan fingerprint density at radius 3 is 2.03 bits per heavy atom. The van der Waals surface area contributed by atoms with Gasteiger partial charge in [-0.25, -0.2) is 9.07 Å². The van der Waals surface area contributed by atoms with E-state index in [0.29, 0.717) is 17.5 Å². The molecule has 1 fully saturated rings. The molecule has 5 atom stereocenters. The molecule has 5 rings (SSSR count). The van der Waals surface area contributed by atoms with Crippen LogP contribution in [-0.2, 0) is 38.7 Å². The van der Waals surface area contributed by atoms with Gasteiger partial charge in [0.25, 0.3) is 0 Å². The van der Waals surface area contributed by atoms with Crippen molar-refractivity contribution in [3.8, 4) is 22.4 Å². The van der Waals surface area contributed by atoms with Gasteiger partial charge in [0.15, 0.2) is 63.5 Å². The van der Waals surface area contributed by atoms with Crippen LogP contribution in [0.2, 0.25) is 78.6 Å². The van der Waals surface area contributed by atoms with Gasteiger partial charge in [0, 0.05) is 46.8 Å². The summed E-state index contributed by atoms with van der Waals surface area (Å²) in [7, 11) is -8.53. The molecule has 1 unspecified atom stereocenters. The van der Waals surface area contributed by atoms with Crippen LogP contribution in [0.5, 0.6) is 0 Å². The van der Waals surface area contributed by atoms with Gasteiger partial charge in [-0.15, -0.1) is 0 Å². The number of nitrogens with two attached hydrogens (primary N) is 2. The largest absolute Gasteiger partial charge is 0.442 e. The molecule has 4 aromatic rings. The molecule has 4 heterocycles. The van der Waals surface area contributed by atoms with Gasteiger partial charge in [0.05, 0.1) is 29.5 Å². The average molecular weight is 875 g/mol. The zero-order chi connectivity index (χ0) is 43.1. The van der Waals surface area contributed by atoms with Crippen LogP contribution in [0, 0.1) is 5.82 Å². The normalized spacial score (nSPS) is 20.8.